The topological polar surface area (TPSA) is 59.5 Å². The summed E-state index contributed by atoms with van der Waals surface area (Å²) in [7, 11) is -3.25. The van der Waals surface area contributed by atoms with Crippen molar-refractivity contribution in [2.24, 2.45) is 17.3 Å². The van der Waals surface area contributed by atoms with Crippen LogP contribution in [-0.4, -0.2) is 56.5 Å². The van der Waals surface area contributed by atoms with Gasteiger partial charge in [0.25, 0.3) is 0 Å². The molecule has 2 heterocycles. The molecule has 3 unspecified atom stereocenters. The van der Waals surface area contributed by atoms with Crippen molar-refractivity contribution in [1.82, 2.24) is 9.88 Å². The van der Waals surface area contributed by atoms with E-state index in [0.29, 0.717) is 30.7 Å². The molecule has 1 saturated heterocycles. The number of alkyl halides is 1. The van der Waals surface area contributed by atoms with Crippen LogP contribution in [0.25, 0.3) is 11.3 Å². The van der Waals surface area contributed by atoms with Crippen molar-refractivity contribution < 1.29 is 17.5 Å². The van der Waals surface area contributed by atoms with Gasteiger partial charge in [-0.15, -0.1) is 0 Å². The molecule has 0 amide bonds. The van der Waals surface area contributed by atoms with Crippen LogP contribution in [0, 0.1) is 17.3 Å². The van der Waals surface area contributed by atoms with E-state index in [1.807, 2.05) is 24.3 Å². The lowest BCUT2D eigenvalue weighted by Gasteiger charge is -2.26. The Morgan fingerprint density at radius 3 is 2.43 bits per heavy atom. The van der Waals surface area contributed by atoms with E-state index in [9.17, 15) is 12.8 Å². The van der Waals surface area contributed by atoms with E-state index in [1.54, 1.807) is 26.0 Å². The molecule has 1 aliphatic heterocycles. The van der Waals surface area contributed by atoms with E-state index >= 15 is 0 Å². The number of benzene rings is 1. The summed E-state index contributed by atoms with van der Waals surface area (Å²) in [6.07, 6.45) is 2.55. The number of aromatic nitrogens is 1. The molecule has 5 nitrogen and oxygen atoms in total. The SMILES string of the molecule is CC(C)(F)CN1CC2C(COc3ccc(-c4ccc(S(C)(=O)=O)cn4)cc3)C2(C)C1. The minimum Gasteiger partial charge on any atom is -0.493 e. The highest BCUT2D eigenvalue weighted by Crippen LogP contribution is 2.63. The number of likely N-dealkylation sites (tertiary alicyclic amines) is 1. The Balaban J connectivity index is 1.31. The standard InChI is InChI=1S/C23H29FN2O3S/c1-22(2,24)14-26-12-19-20(23(19,3)15-26)13-29-17-7-5-16(6-8-17)21-10-9-18(11-25-21)30(4,27)28/h5-11,19-20H,12-15H2,1-4H3. The molecule has 2 fully saturated rings. The Bertz CT molecular complexity index is 1020. The number of fused-ring (bicyclic) bond motifs is 1. The zero-order valence-electron chi connectivity index (χ0n) is 17.9. The highest BCUT2D eigenvalue weighted by atomic mass is 32.2. The van der Waals surface area contributed by atoms with E-state index < -0.39 is 15.5 Å². The summed E-state index contributed by atoms with van der Waals surface area (Å²) in [5.41, 5.74) is 0.702. The number of rotatable bonds is 7. The Kier molecular flexibility index (Phi) is 5.18. The van der Waals surface area contributed by atoms with Crippen LogP contribution in [0.3, 0.4) is 0 Å². The van der Waals surface area contributed by atoms with Crippen molar-refractivity contribution in [3.05, 3.63) is 42.6 Å². The van der Waals surface area contributed by atoms with Gasteiger partial charge in [-0.3, -0.25) is 9.88 Å². The van der Waals surface area contributed by atoms with Crippen LogP contribution in [0.2, 0.25) is 0 Å². The number of hydrogen-bond acceptors (Lipinski definition) is 5. The third-order valence-electron chi connectivity index (χ3n) is 6.43. The summed E-state index contributed by atoms with van der Waals surface area (Å²) >= 11 is 0. The predicted octanol–water partition coefficient (Wildman–Crippen LogP) is 3.85. The molecule has 2 aliphatic rings. The fraction of sp³-hybridized carbons (Fsp3) is 0.522. The van der Waals surface area contributed by atoms with Crippen molar-refractivity contribution in [2.75, 3.05) is 32.5 Å². The predicted molar refractivity (Wildman–Crippen MR) is 115 cm³/mol. The minimum atomic E-state index is -3.25. The second kappa shape index (κ2) is 7.31. The average molecular weight is 433 g/mol. The van der Waals surface area contributed by atoms with Crippen molar-refractivity contribution in [3.8, 4) is 17.0 Å². The largest absolute Gasteiger partial charge is 0.493 e. The van der Waals surface area contributed by atoms with Crippen LogP contribution < -0.4 is 4.74 Å². The first kappa shape index (κ1) is 21.2. The van der Waals surface area contributed by atoms with Crippen molar-refractivity contribution in [2.45, 2.75) is 31.3 Å². The molecule has 0 spiro atoms. The molecule has 4 rings (SSSR count). The number of halogens is 1. The van der Waals surface area contributed by atoms with E-state index in [0.717, 1.165) is 24.4 Å². The van der Waals surface area contributed by atoms with E-state index in [2.05, 4.69) is 16.8 Å². The van der Waals surface area contributed by atoms with Crippen LogP contribution >= 0.6 is 0 Å². The highest BCUT2D eigenvalue weighted by Gasteiger charge is 2.65. The molecule has 162 valence electrons. The maximum Gasteiger partial charge on any atom is 0.177 e. The van der Waals surface area contributed by atoms with Crippen molar-refractivity contribution in [1.29, 1.82) is 0 Å². The highest BCUT2D eigenvalue weighted by molar-refractivity contribution is 7.90. The van der Waals surface area contributed by atoms with Gasteiger partial charge in [-0.25, -0.2) is 12.8 Å². The van der Waals surface area contributed by atoms with Crippen molar-refractivity contribution in [3.63, 3.8) is 0 Å². The monoisotopic (exact) mass is 432 g/mol. The van der Waals surface area contributed by atoms with Gasteiger partial charge in [0.05, 0.1) is 17.2 Å². The van der Waals surface area contributed by atoms with E-state index in [-0.39, 0.29) is 10.3 Å². The second-order valence-electron chi connectivity index (χ2n) is 9.59. The van der Waals surface area contributed by atoms with Gasteiger partial charge in [0.2, 0.25) is 0 Å². The Morgan fingerprint density at radius 1 is 1.23 bits per heavy atom. The molecule has 3 atom stereocenters. The molecule has 7 heteroatoms. The van der Waals surface area contributed by atoms with Gasteiger partial charge in [-0.2, -0.15) is 0 Å². The van der Waals surface area contributed by atoms with Gasteiger partial charge in [0.1, 0.15) is 11.4 Å². The molecule has 0 bridgehead atoms. The van der Waals surface area contributed by atoms with Crippen LogP contribution in [0.4, 0.5) is 4.39 Å². The average Bonchev–Trinajstić information content (AvgIpc) is 3.02. The van der Waals surface area contributed by atoms with Gasteiger partial charge >= 0.3 is 0 Å². The first-order valence-corrected chi connectivity index (χ1v) is 12.2. The molecular weight excluding hydrogens is 403 g/mol. The number of piperidine rings is 1. The summed E-state index contributed by atoms with van der Waals surface area (Å²) in [4.78, 5) is 6.70. The number of pyridine rings is 1. The van der Waals surface area contributed by atoms with Gasteiger partial charge in [0.15, 0.2) is 9.84 Å². The second-order valence-corrected chi connectivity index (χ2v) is 11.6. The smallest absolute Gasteiger partial charge is 0.177 e. The molecular formula is C23H29FN2O3S. The third-order valence-corrected chi connectivity index (χ3v) is 7.53. The maximum atomic E-state index is 13.9. The fourth-order valence-electron chi connectivity index (χ4n) is 4.80. The van der Waals surface area contributed by atoms with E-state index in [1.165, 1.54) is 12.5 Å². The van der Waals surface area contributed by atoms with Crippen molar-refractivity contribution >= 4 is 9.84 Å². The minimum absolute atomic E-state index is 0.211. The van der Waals surface area contributed by atoms with Crippen LogP contribution in [0.15, 0.2) is 47.5 Å². The Hall–Kier alpha value is -1.99. The summed E-state index contributed by atoms with van der Waals surface area (Å²) in [6, 6.07) is 11.0. The molecule has 1 aliphatic carbocycles. The number of sulfone groups is 1. The fourth-order valence-corrected chi connectivity index (χ4v) is 5.36. The maximum absolute atomic E-state index is 13.9. The molecule has 1 aromatic heterocycles. The summed E-state index contributed by atoms with van der Waals surface area (Å²) in [6.45, 7) is 8.62. The van der Waals surface area contributed by atoms with Gasteiger partial charge < -0.3 is 4.74 Å². The van der Waals surface area contributed by atoms with E-state index in [4.69, 9.17) is 4.74 Å². The van der Waals surface area contributed by atoms with Crippen LogP contribution in [0.5, 0.6) is 5.75 Å². The molecule has 30 heavy (non-hydrogen) atoms. The molecule has 0 N–H and O–H groups in total. The van der Waals surface area contributed by atoms with Crippen LogP contribution in [-0.2, 0) is 9.84 Å². The van der Waals surface area contributed by atoms with Gasteiger partial charge in [-0.1, -0.05) is 6.92 Å². The van der Waals surface area contributed by atoms with Gasteiger partial charge in [-0.05, 0) is 61.6 Å². The lowest BCUT2D eigenvalue weighted by Crippen LogP contribution is -2.37. The zero-order chi connectivity index (χ0) is 21.7. The summed E-state index contributed by atoms with van der Waals surface area (Å²) < 4.78 is 43.0. The number of nitrogens with zero attached hydrogens (tertiary/aromatic N) is 2. The lowest BCUT2D eigenvalue weighted by atomic mass is 10.1. The zero-order valence-corrected chi connectivity index (χ0v) is 18.7. The van der Waals surface area contributed by atoms with Gasteiger partial charge in [0, 0.05) is 43.6 Å². The summed E-state index contributed by atoms with van der Waals surface area (Å²) in [5, 5.41) is 0. The quantitative estimate of drug-likeness (QED) is 0.665. The normalized spacial score (nSPS) is 26.4. The summed E-state index contributed by atoms with van der Waals surface area (Å²) in [5.74, 6) is 1.90. The Labute approximate surface area is 178 Å². The number of ether oxygens (including phenoxy) is 1. The molecule has 1 saturated carbocycles. The van der Waals surface area contributed by atoms with Crippen LogP contribution in [0.1, 0.15) is 20.8 Å². The molecule has 1 aromatic carbocycles. The molecule has 0 radical (unpaired) electrons. The lowest BCUT2D eigenvalue weighted by molar-refractivity contribution is 0.119. The first-order valence-electron chi connectivity index (χ1n) is 10.3. The first-order chi connectivity index (χ1) is 14.0. The Morgan fingerprint density at radius 2 is 1.93 bits per heavy atom. The third kappa shape index (κ3) is 4.37. The number of hydrogen-bond donors (Lipinski definition) is 0. The molecule has 2 aromatic rings.